The van der Waals surface area contributed by atoms with E-state index < -0.39 is 0 Å². The zero-order valence-electron chi connectivity index (χ0n) is 12.5. The summed E-state index contributed by atoms with van der Waals surface area (Å²) >= 11 is 0. The van der Waals surface area contributed by atoms with Gasteiger partial charge >= 0.3 is 0 Å². The summed E-state index contributed by atoms with van der Waals surface area (Å²) in [7, 11) is 2.04. The summed E-state index contributed by atoms with van der Waals surface area (Å²) in [4.78, 5) is 2.53. The number of rotatable bonds is 5. The van der Waals surface area contributed by atoms with Gasteiger partial charge in [-0.2, -0.15) is 0 Å². The highest BCUT2D eigenvalue weighted by Gasteiger charge is 2.29. The normalized spacial score (nSPS) is 24.1. The molecule has 1 aromatic rings. The van der Waals surface area contributed by atoms with Crippen LogP contribution in [0.3, 0.4) is 0 Å². The molecule has 5 nitrogen and oxygen atoms in total. The monoisotopic (exact) mass is 265 g/mol. The first-order valence-electron chi connectivity index (χ1n) is 7.46. The number of nitrogens with zero attached hydrogens (tertiary/aromatic N) is 4. The molecule has 1 aromatic heterocycles. The van der Waals surface area contributed by atoms with Gasteiger partial charge in [0, 0.05) is 13.1 Å². The summed E-state index contributed by atoms with van der Waals surface area (Å²) in [5, 5.41) is 8.44. The van der Waals surface area contributed by atoms with Crippen molar-refractivity contribution in [3.05, 3.63) is 11.6 Å². The lowest BCUT2D eigenvalue weighted by Gasteiger charge is -2.39. The largest absolute Gasteiger partial charge is 0.330 e. The maximum Gasteiger partial charge on any atom is 0.146 e. The van der Waals surface area contributed by atoms with E-state index in [1.165, 1.54) is 25.7 Å². The molecule has 108 valence electrons. The fraction of sp³-hybridized carbons (Fsp3) is 0.857. The maximum atomic E-state index is 5.95. The van der Waals surface area contributed by atoms with Gasteiger partial charge in [-0.05, 0) is 38.8 Å². The van der Waals surface area contributed by atoms with Gasteiger partial charge in [-0.25, -0.2) is 0 Å². The topological polar surface area (TPSA) is 60.0 Å². The van der Waals surface area contributed by atoms with Crippen LogP contribution in [0.15, 0.2) is 0 Å². The zero-order chi connectivity index (χ0) is 13.8. The average molecular weight is 265 g/mol. The van der Waals surface area contributed by atoms with Crippen molar-refractivity contribution in [2.24, 2.45) is 18.7 Å². The molecule has 0 bridgehead atoms. The van der Waals surface area contributed by atoms with Gasteiger partial charge in [-0.1, -0.05) is 19.8 Å². The highest BCUT2D eigenvalue weighted by molar-refractivity contribution is 4.94. The molecule has 19 heavy (non-hydrogen) atoms. The first-order valence-corrected chi connectivity index (χ1v) is 7.46. The van der Waals surface area contributed by atoms with E-state index in [-0.39, 0.29) is 0 Å². The van der Waals surface area contributed by atoms with Crippen molar-refractivity contribution in [3.63, 3.8) is 0 Å². The van der Waals surface area contributed by atoms with Crippen molar-refractivity contribution in [2.75, 3.05) is 13.1 Å². The predicted octanol–water partition coefficient (Wildman–Crippen LogP) is 1.46. The quantitative estimate of drug-likeness (QED) is 0.875. The van der Waals surface area contributed by atoms with Crippen LogP contribution >= 0.6 is 0 Å². The van der Waals surface area contributed by atoms with Crippen molar-refractivity contribution in [1.29, 1.82) is 0 Å². The molecule has 0 amide bonds. The summed E-state index contributed by atoms with van der Waals surface area (Å²) in [5.74, 6) is 2.67. The van der Waals surface area contributed by atoms with Gasteiger partial charge in [0.15, 0.2) is 0 Å². The van der Waals surface area contributed by atoms with E-state index in [4.69, 9.17) is 5.73 Å². The van der Waals surface area contributed by atoms with Crippen LogP contribution in [-0.2, 0) is 13.6 Å². The zero-order valence-corrected chi connectivity index (χ0v) is 12.5. The van der Waals surface area contributed by atoms with E-state index in [0.29, 0.717) is 12.0 Å². The fourth-order valence-electron chi connectivity index (χ4n) is 3.18. The third-order valence-corrected chi connectivity index (χ3v) is 4.57. The number of aromatic nitrogens is 3. The molecule has 1 heterocycles. The Morgan fingerprint density at radius 1 is 1.32 bits per heavy atom. The minimum absolute atomic E-state index is 0.612. The smallest absolute Gasteiger partial charge is 0.146 e. The average Bonchev–Trinajstić information content (AvgIpc) is 2.76. The van der Waals surface area contributed by atoms with Crippen LogP contribution in [0.25, 0.3) is 0 Å². The Morgan fingerprint density at radius 2 is 2.05 bits per heavy atom. The van der Waals surface area contributed by atoms with E-state index in [1.807, 2.05) is 14.0 Å². The van der Waals surface area contributed by atoms with Crippen molar-refractivity contribution >= 4 is 0 Å². The van der Waals surface area contributed by atoms with Crippen LogP contribution in [0, 0.1) is 12.8 Å². The number of aryl methyl sites for hydroxylation is 1. The Bertz CT molecular complexity index is 401. The van der Waals surface area contributed by atoms with E-state index in [0.717, 1.165) is 31.3 Å². The van der Waals surface area contributed by atoms with Crippen molar-refractivity contribution in [2.45, 2.75) is 52.1 Å². The molecular formula is C14H27N5. The summed E-state index contributed by atoms with van der Waals surface area (Å²) in [6.45, 7) is 6.96. The SMILES string of the molecule is CCN(Cc1nnc(C)n1C)C1CCCCC1CN. The fourth-order valence-corrected chi connectivity index (χ4v) is 3.18. The Hall–Kier alpha value is -0.940. The number of nitrogens with two attached hydrogens (primary N) is 1. The molecule has 1 aliphatic carbocycles. The summed E-state index contributed by atoms with van der Waals surface area (Å²) in [6, 6.07) is 0.612. The molecule has 1 aliphatic rings. The standard InChI is InChI=1S/C14H27N5/c1-4-19(10-14-17-16-11(2)18(14)3)13-8-6-5-7-12(13)9-15/h12-13H,4-10,15H2,1-3H3. The lowest BCUT2D eigenvalue weighted by Crippen LogP contribution is -2.45. The second-order valence-corrected chi connectivity index (χ2v) is 5.63. The minimum atomic E-state index is 0.612. The molecule has 2 N–H and O–H groups in total. The minimum Gasteiger partial charge on any atom is -0.330 e. The third-order valence-electron chi connectivity index (χ3n) is 4.57. The third kappa shape index (κ3) is 3.15. The molecule has 1 saturated carbocycles. The van der Waals surface area contributed by atoms with Gasteiger partial charge in [-0.3, -0.25) is 4.90 Å². The van der Waals surface area contributed by atoms with E-state index in [2.05, 4.69) is 26.6 Å². The van der Waals surface area contributed by atoms with Crippen molar-refractivity contribution in [1.82, 2.24) is 19.7 Å². The first kappa shape index (κ1) is 14.5. The molecule has 0 aromatic carbocycles. The molecule has 2 rings (SSSR count). The molecule has 0 spiro atoms. The van der Waals surface area contributed by atoms with Crippen LogP contribution in [-0.4, -0.2) is 38.8 Å². The van der Waals surface area contributed by atoms with Crippen LogP contribution in [0.1, 0.15) is 44.3 Å². The van der Waals surface area contributed by atoms with Gasteiger partial charge in [0.05, 0.1) is 6.54 Å². The van der Waals surface area contributed by atoms with E-state index >= 15 is 0 Å². The Labute approximate surface area is 116 Å². The van der Waals surface area contributed by atoms with Crippen LogP contribution < -0.4 is 5.73 Å². The molecule has 0 aliphatic heterocycles. The number of hydrogen-bond acceptors (Lipinski definition) is 4. The highest BCUT2D eigenvalue weighted by atomic mass is 15.3. The van der Waals surface area contributed by atoms with E-state index in [1.54, 1.807) is 0 Å². The van der Waals surface area contributed by atoms with Crippen LogP contribution in [0.4, 0.5) is 0 Å². The lowest BCUT2D eigenvalue weighted by atomic mass is 9.83. The van der Waals surface area contributed by atoms with Gasteiger partial charge < -0.3 is 10.3 Å². The molecular weight excluding hydrogens is 238 g/mol. The molecule has 5 heteroatoms. The van der Waals surface area contributed by atoms with Crippen molar-refractivity contribution < 1.29 is 0 Å². The maximum absolute atomic E-state index is 5.95. The lowest BCUT2D eigenvalue weighted by molar-refractivity contribution is 0.102. The van der Waals surface area contributed by atoms with Crippen LogP contribution in [0.2, 0.25) is 0 Å². The highest BCUT2D eigenvalue weighted by Crippen LogP contribution is 2.28. The second-order valence-electron chi connectivity index (χ2n) is 5.63. The van der Waals surface area contributed by atoms with Crippen molar-refractivity contribution in [3.8, 4) is 0 Å². The number of hydrogen-bond donors (Lipinski definition) is 1. The van der Waals surface area contributed by atoms with Gasteiger partial charge in [0.2, 0.25) is 0 Å². The predicted molar refractivity (Wildman–Crippen MR) is 76.6 cm³/mol. The Morgan fingerprint density at radius 3 is 2.63 bits per heavy atom. The summed E-state index contributed by atoms with van der Waals surface area (Å²) in [6.07, 6.45) is 5.20. The first-order chi connectivity index (χ1) is 9.17. The molecule has 0 saturated heterocycles. The molecule has 2 atom stereocenters. The Balaban J connectivity index is 2.08. The van der Waals surface area contributed by atoms with Gasteiger partial charge in [0.25, 0.3) is 0 Å². The second kappa shape index (κ2) is 6.48. The molecule has 0 radical (unpaired) electrons. The Kier molecular flexibility index (Phi) is 4.93. The van der Waals surface area contributed by atoms with Gasteiger partial charge in [0.1, 0.15) is 11.6 Å². The summed E-state index contributed by atoms with van der Waals surface area (Å²) in [5.41, 5.74) is 5.95. The van der Waals surface area contributed by atoms with E-state index in [9.17, 15) is 0 Å². The van der Waals surface area contributed by atoms with Gasteiger partial charge in [-0.15, -0.1) is 10.2 Å². The van der Waals surface area contributed by atoms with Crippen LogP contribution in [0.5, 0.6) is 0 Å². The summed E-state index contributed by atoms with van der Waals surface area (Å²) < 4.78 is 2.09. The molecule has 2 unspecified atom stereocenters. The molecule has 1 fully saturated rings.